The number of fused-ring (bicyclic) bond motifs is 1. The lowest BCUT2D eigenvalue weighted by atomic mass is 9.96. The van der Waals surface area contributed by atoms with E-state index in [-0.39, 0.29) is 6.04 Å². The molecule has 0 aliphatic heterocycles. The summed E-state index contributed by atoms with van der Waals surface area (Å²) in [4.78, 5) is 13.9. The zero-order valence-electron chi connectivity index (χ0n) is 12.1. The average Bonchev–Trinajstić information content (AvgIpc) is 2.85. The van der Waals surface area contributed by atoms with Crippen molar-refractivity contribution < 1.29 is 4.42 Å². The number of H-pyrrole nitrogens is 1. The minimum Gasteiger partial charge on any atom is -0.408 e. The van der Waals surface area contributed by atoms with Crippen LogP contribution in [0.5, 0.6) is 0 Å². The van der Waals surface area contributed by atoms with Crippen LogP contribution in [0.2, 0.25) is 0 Å². The predicted molar refractivity (Wildman–Crippen MR) is 83.5 cm³/mol. The van der Waals surface area contributed by atoms with Crippen LogP contribution in [0, 0.1) is 6.92 Å². The van der Waals surface area contributed by atoms with Gasteiger partial charge >= 0.3 is 5.76 Å². The Hall–Kier alpha value is -2.33. The second-order valence-electron chi connectivity index (χ2n) is 5.24. The quantitative estimate of drug-likeness (QED) is 0.773. The van der Waals surface area contributed by atoms with Crippen LogP contribution in [0.15, 0.2) is 51.7 Å². The molecule has 1 heterocycles. The van der Waals surface area contributed by atoms with Crippen molar-refractivity contribution in [2.45, 2.75) is 19.4 Å². The Labute approximate surface area is 122 Å². The van der Waals surface area contributed by atoms with Crippen LogP contribution in [-0.2, 0) is 6.42 Å². The molecular formula is C17H18N2O2. The molecule has 4 heteroatoms. The number of benzene rings is 2. The Morgan fingerprint density at radius 3 is 2.81 bits per heavy atom. The van der Waals surface area contributed by atoms with Crippen molar-refractivity contribution in [1.82, 2.24) is 10.3 Å². The third-order valence-corrected chi connectivity index (χ3v) is 3.88. The lowest BCUT2D eigenvalue weighted by molar-refractivity contribution is 0.551. The fraction of sp³-hybridized carbons (Fsp3) is 0.235. The topological polar surface area (TPSA) is 58.0 Å². The fourth-order valence-electron chi connectivity index (χ4n) is 2.62. The predicted octanol–water partition coefficient (Wildman–Crippen LogP) is 2.93. The number of likely N-dealkylation sites (N-methyl/N-ethyl adjacent to an activating group) is 1. The van der Waals surface area contributed by atoms with Gasteiger partial charge in [0.25, 0.3) is 0 Å². The first-order valence-electron chi connectivity index (χ1n) is 7.02. The maximum atomic E-state index is 11.2. The van der Waals surface area contributed by atoms with Crippen molar-refractivity contribution in [2.75, 3.05) is 7.05 Å². The van der Waals surface area contributed by atoms with Gasteiger partial charge in [-0.25, -0.2) is 4.79 Å². The van der Waals surface area contributed by atoms with Crippen LogP contribution in [-0.4, -0.2) is 12.0 Å². The molecule has 0 amide bonds. The summed E-state index contributed by atoms with van der Waals surface area (Å²) in [5.41, 5.74) is 5.03. The van der Waals surface area contributed by atoms with Crippen molar-refractivity contribution in [3.05, 3.63) is 69.7 Å². The van der Waals surface area contributed by atoms with Gasteiger partial charge < -0.3 is 9.73 Å². The molecule has 3 aromatic rings. The van der Waals surface area contributed by atoms with E-state index in [1.165, 1.54) is 11.1 Å². The van der Waals surface area contributed by atoms with E-state index in [9.17, 15) is 4.79 Å². The Bertz CT molecular complexity index is 817. The highest BCUT2D eigenvalue weighted by atomic mass is 16.4. The zero-order valence-corrected chi connectivity index (χ0v) is 12.1. The van der Waals surface area contributed by atoms with Gasteiger partial charge in [-0.2, -0.15) is 0 Å². The molecular weight excluding hydrogens is 264 g/mol. The van der Waals surface area contributed by atoms with Crippen LogP contribution in [0.1, 0.15) is 22.7 Å². The largest absolute Gasteiger partial charge is 0.417 e. The van der Waals surface area contributed by atoms with E-state index in [1.54, 1.807) is 0 Å². The molecule has 1 atom stereocenters. The van der Waals surface area contributed by atoms with Gasteiger partial charge in [-0.15, -0.1) is 0 Å². The third kappa shape index (κ3) is 2.76. The van der Waals surface area contributed by atoms with Gasteiger partial charge in [0, 0.05) is 6.04 Å². The molecule has 0 fully saturated rings. The number of nitrogens with one attached hydrogen (secondary N) is 2. The van der Waals surface area contributed by atoms with Crippen LogP contribution < -0.4 is 11.1 Å². The van der Waals surface area contributed by atoms with Crippen LogP contribution >= 0.6 is 0 Å². The molecule has 0 bridgehead atoms. The van der Waals surface area contributed by atoms with E-state index in [1.807, 2.05) is 31.3 Å². The highest BCUT2D eigenvalue weighted by Gasteiger charge is 2.13. The summed E-state index contributed by atoms with van der Waals surface area (Å²) in [6.45, 7) is 2.12. The van der Waals surface area contributed by atoms with Crippen LogP contribution in [0.25, 0.3) is 11.1 Å². The molecule has 3 rings (SSSR count). The summed E-state index contributed by atoms with van der Waals surface area (Å²) < 4.78 is 5.14. The number of hydrogen-bond acceptors (Lipinski definition) is 3. The number of aromatic nitrogens is 1. The van der Waals surface area contributed by atoms with Gasteiger partial charge in [0.15, 0.2) is 5.58 Å². The number of oxazole rings is 1. The smallest absolute Gasteiger partial charge is 0.408 e. The van der Waals surface area contributed by atoms with E-state index in [0.717, 1.165) is 17.5 Å². The molecule has 2 N–H and O–H groups in total. The standard InChI is InChI=1S/C17H18N2O2/c1-11-5-3-4-6-12(11)9-15(18-2)13-7-8-14-16(10-13)21-17(20)19-14/h3-8,10,15,18H,9H2,1-2H3,(H,19,20). The maximum Gasteiger partial charge on any atom is 0.417 e. The summed E-state index contributed by atoms with van der Waals surface area (Å²) in [7, 11) is 1.94. The zero-order chi connectivity index (χ0) is 14.8. The first kappa shape index (κ1) is 13.6. The van der Waals surface area contributed by atoms with E-state index in [4.69, 9.17) is 4.42 Å². The molecule has 0 saturated carbocycles. The molecule has 108 valence electrons. The van der Waals surface area contributed by atoms with Gasteiger partial charge in [-0.3, -0.25) is 4.98 Å². The highest BCUT2D eigenvalue weighted by molar-refractivity contribution is 5.72. The minimum atomic E-state index is -0.415. The number of aromatic amines is 1. The lowest BCUT2D eigenvalue weighted by Gasteiger charge is -2.18. The molecule has 0 spiro atoms. The molecule has 1 unspecified atom stereocenters. The van der Waals surface area contributed by atoms with E-state index in [0.29, 0.717) is 5.58 Å². The number of hydrogen-bond donors (Lipinski definition) is 2. The van der Waals surface area contributed by atoms with Gasteiger partial charge in [0.05, 0.1) is 5.52 Å². The molecule has 21 heavy (non-hydrogen) atoms. The summed E-state index contributed by atoms with van der Waals surface area (Å²) in [6.07, 6.45) is 0.892. The number of aryl methyl sites for hydroxylation is 1. The van der Waals surface area contributed by atoms with Crippen molar-refractivity contribution in [2.24, 2.45) is 0 Å². The van der Waals surface area contributed by atoms with Crippen molar-refractivity contribution in [3.63, 3.8) is 0 Å². The Kier molecular flexibility index (Phi) is 3.62. The van der Waals surface area contributed by atoms with Gasteiger partial charge in [0.1, 0.15) is 0 Å². The highest BCUT2D eigenvalue weighted by Crippen LogP contribution is 2.23. The van der Waals surface area contributed by atoms with Crippen LogP contribution in [0.3, 0.4) is 0 Å². The van der Waals surface area contributed by atoms with Gasteiger partial charge in [-0.1, -0.05) is 30.3 Å². The van der Waals surface area contributed by atoms with Crippen molar-refractivity contribution >= 4 is 11.1 Å². The maximum absolute atomic E-state index is 11.2. The molecule has 0 aliphatic carbocycles. The van der Waals surface area contributed by atoms with Crippen molar-refractivity contribution in [3.8, 4) is 0 Å². The second-order valence-corrected chi connectivity index (χ2v) is 5.24. The van der Waals surface area contributed by atoms with E-state index >= 15 is 0 Å². The Morgan fingerprint density at radius 2 is 2.05 bits per heavy atom. The molecule has 2 aromatic carbocycles. The SMILES string of the molecule is CNC(Cc1ccccc1C)c1ccc2[nH]c(=O)oc2c1. The average molecular weight is 282 g/mol. The summed E-state index contributed by atoms with van der Waals surface area (Å²) in [5, 5.41) is 3.34. The third-order valence-electron chi connectivity index (χ3n) is 3.88. The van der Waals surface area contributed by atoms with Gasteiger partial charge in [-0.05, 0) is 49.2 Å². The lowest BCUT2D eigenvalue weighted by Crippen LogP contribution is -2.19. The summed E-state index contributed by atoms with van der Waals surface area (Å²) in [5.74, 6) is -0.415. The van der Waals surface area contributed by atoms with Crippen molar-refractivity contribution in [1.29, 1.82) is 0 Å². The summed E-state index contributed by atoms with van der Waals surface area (Å²) in [6, 6.07) is 14.4. The molecule has 0 aliphatic rings. The molecule has 0 saturated heterocycles. The van der Waals surface area contributed by atoms with E-state index < -0.39 is 5.76 Å². The first-order chi connectivity index (χ1) is 10.2. The Balaban J connectivity index is 1.94. The Morgan fingerprint density at radius 1 is 1.24 bits per heavy atom. The van der Waals surface area contributed by atoms with E-state index in [2.05, 4.69) is 35.4 Å². The molecule has 0 radical (unpaired) electrons. The summed E-state index contributed by atoms with van der Waals surface area (Å²) >= 11 is 0. The fourth-order valence-corrected chi connectivity index (χ4v) is 2.62. The second kappa shape index (κ2) is 5.58. The molecule has 1 aromatic heterocycles. The minimum absolute atomic E-state index is 0.177. The number of rotatable bonds is 4. The normalized spacial score (nSPS) is 12.7. The first-order valence-corrected chi connectivity index (χ1v) is 7.02. The van der Waals surface area contributed by atoms with Crippen LogP contribution in [0.4, 0.5) is 0 Å². The molecule has 4 nitrogen and oxygen atoms in total. The monoisotopic (exact) mass is 282 g/mol. The van der Waals surface area contributed by atoms with Gasteiger partial charge in [0.2, 0.25) is 0 Å².